The number of carbonyl (C=O) groups excluding carboxylic acids is 1. The average molecular weight is 327 g/mol. The first-order chi connectivity index (χ1) is 11.2. The van der Waals surface area contributed by atoms with Crippen molar-refractivity contribution in [2.75, 3.05) is 65.9 Å². The number of carbonyl (C=O) groups is 1. The van der Waals surface area contributed by atoms with Gasteiger partial charge in [0, 0.05) is 50.8 Å². The Kier molecular flexibility index (Phi) is 5.91. The summed E-state index contributed by atoms with van der Waals surface area (Å²) in [6, 6.07) is 0. The number of hydrogen-bond acceptors (Lipinski definition) is 5. The Labute approximate surface area is 138 Å². The van der Waals surface area contributed by atoms with Crippen LogP contribution in [0, 0.1) is 17.3 Å². The van der Waals surface area contributed by atoms with E-state index in [9.17, 15) is 4.79 Å². The van der Waals surface area contributed by atoms with Gasteiger partial charge in [-0.3, -0.25) is 4.79 Å². The molecule has 3 aliphatic heterocycles. The van der Waals surface area contributed by atoms with Gasteiger partial charge in [0.15, 0.2) is 0 Å². The fraction of sp³-hybridized carbons (Fsp3) is 0.941. The molecule has 23 heavy (non-hydrogen) atoms. The highest BCUT2D eigenvalue weighted by molar-refractivity contribution is 5.78. The molecule has 0 aromatic carbocycles. The van der Waals surface area contributed by atoms with E-state index in [1.807, 2.05) is 11.8 Å². The lowest BCUT2D eigenvalue weighted by molar-refractivity contribution is -0.136. The summed E-state index contributed by atoms with van der Waals surface area (Å²) in [5.41, 5.74) is -0.0208. The second-order valence-corrected chi connectivity index (χ2v) is 7.06. The summed E-state index contributed by atoms with van der Waals surface area (Å²) in [4.78, 5) is 14.1. The zero-order valence-corrected chi connectivity index (χ0v) is 14.1. The second-order valence-electron chi connectivity index (χ2n) is 7.06. The van der Waals surface area contributed by atoms with E-state index in [1.54, 1.807) is 0 Å². The molecule has 0 aromatic rings. The molecule has 132 valence electrons. The van der Waals surface area contributed by atoms with Crippen molar-refractivity contribution in [3.63, 3.8) is 0 Å². The van der Waals surface area contributed by atoms with Crippen LogP contribution in [0.3, 0.4) is 0 Å². The van der Waals surface area contributed by atoms with Crippen LogP contribution in [0.25, 0.3) is 0 Å². The molecule has 0 radical (unpaired) electrons. The van der Waals surface area contributed by atoms with Gasteiger partial charge in [-0.15, -0.1) is 0 Å². The number of rotatable bonds is 7. The van der Waals surface area contributed by atoms with Gasteiger partial charge in [0.1, 0.15) is 6.61 Å². The third-order valence-corrected chi connectivity index (χ3v) is 5.39. The third kappa shape index (κ3) is 4.05. The average Bonchev–Trinajstić information content (AvgIpc) is 3.10. The molecule has 3 rings (SSSR count). The van der Waals surface area contributed by atoms with Gasteiger partial charge >= 0.3 is 0 Å². The highest BCUT2D eigenvalue weighted by atomic mass is 16.5. The minimum Gasteiger partial charge on any atom is -0.381 e. The van der Waals surface area contributed by atoms with Gasteiger partial charge in [-0.2, -0.15) is 0 Å². The monoisotopic (exact) mass is 327 g/mol. The lowest BCUT2D eigenvalue weighted by Gasteiger charge is -2.29. The van der Waals surface area contributed by atoms with Crippen molar-refractivity contribution in [3.05, 3.63) is 0 Å². The SMILES string of the molecule is CCOCC(=O)N1C[C@@H]2COC[C@]2(COCC2CCOCC2)C1. The van der Waals surface area contributed by atoms with E-state index in [2.05, 4.69) is 0 Å². The molecule has 6 nitrogen and oxygen atoms in total. The molecule has 3 saturated heterocycles. The summed E-state index contributed by atoms with van der Waals surface area (Å²) in [5, 5.41) is 0. The maximum atomic E-state index is 12.2. The van der Waals surface area contributed by atoms with Crippen molar-refractivity contribution in [1.29, 1.82) is 0 Å². The zero-order chi connectivity index (χ0) is 16.1. The van der Waals surface area contributed by atoms with Crippen LogP contribution in [0.4, 0.5) is 0 Å². The van der Waals surface area contributed by atoms with Crippen molar-refractivity contribution in [1.82, 2.24) is 4.90 Å². The number of nitrogens with zero attached hydrogens (tertiary/aromatic N) is 1. The fourth-order valence-corrected chi connectivity index (χ4v) is 3.85. The van der Waals surface area contributed by atoms with Gasteiger partial charge in [0.2, 0.25) is 5.91 Å². The largest absolute Gasteiger partial charge is 0.381 e. The number of fused-ring (bicyclic) bond motifs is 1. The number of likely N-dealkylation sites (tertiary alicyclic amines) is 1. The lowest BCUT2D eigenvalue weighted by Crippen LogP contribution is -2.39. The zero-order valence-electron chi connectivity index (χ0n) is 14.1. The molecule has 6 heteroatoms. The maximum Gasteiger partial charge on any atom is 0.248 e. The summed E-state index contributed by atoms with van der Waals surface area (Å²) in [5.74, 6) is 1.09. The van der Waals surface area contributed by atoms with Gasteiger partial charge in [-0.25, -0.2) is 0 Å². The standard InChI is InChI=1S/C17H29NO5/c1-2-20-10-16(19)18-7-15-9-23-13-17(15,11-18)12-22-8-14-3-5-21-6-4-14/h14-15H,2-13H2,1H3/t15-,17-/m1/s1. The third-order valence-electron chi connectivity index (χ3n) is 5.39. The first-order valence-electron chi connectivity index (χ1n) is 8.82. The van der Waals surface area contributed by atoms with E-state index in [0.717, 1.165) is 52.4 Å². The van der Waals surface area contributed by atoms with Crippen LogP contribution in [0.15, 0.2) is 0 Å². The van der Waals surface area contributed by atoms with Crippen molar-refractivity contribution < 1.29 is 23.7 Å². The van der Waals surface area contributed by atoms with Crippen LogP contribution in [0.1, 0.15) is 19.8 Å². The highest BCUT2D eigenvalue weighted by Gasteiger charge is 2.52. The summed E-state index contributed by atoms with van der Waals surface area (Å²) in [6.07, 6.45) is 2.18. The van der Waals surface area contributed by atoms with E-state index in [-0.39, 0.29) is 17.9 Å². The molecule has 1 amide bonds. The lowest BCUT2D eigenvalue weighted by atomic mass is 9.82. The van der Waals surface area contributed by atoms with E-state index in [1.165, 1.54) is 0 Å². The Bertz CT molecular complexity index is 398. The minimum absolute atomic E-state index is 0.0208. The minimum atomic E-state index is -0.0208. The molecule has 0 aromatic heterocycles. The molecule has 0 saturated carbocycles. The van der Waals surface area contributed by atoms with E-state index in [0.29, 0.717) is 31.7 Å². The Balaban J connectivity index is 1.49. The predicted octanol–water partition coefficient (Wildman–Crippen LogP) is 0.941. The number of amides is 1. The normalized spacial score (nSPS) is 31.5. The number of hydrogen-bond donors (Lipinski definition) is 0. The molecule has 0 spiro atoms. The highest BCUT2D eigenvalue weighted by Crippen LogP contribution is 2.41. The number of ether oxygens (including phenoxy) is 4. The van der Waals surface area contributed by atoms with Crippen molar-refractivity contribution in [2.24, 2.45) is 17.3 Å². The van der Waals surface area contributed by atoms with E-state index in [4.69, 9.17) is 18.9 Å². The van der Waals surface area contributed by atoms with E-state index >= 15 is 0 Å². The molecular weight excluding hydrogens is 298 g/mol. The summed E-state index contributed by atoms with van der Waals surface area (Å²) >= 11 is 0. The molecule has 0 bridgehead atoms. The molecule has 3 heterocycles. The predicted molar refractivity (Wildman–Crippen MR) is 84.2 cm³/mol. The second kappa shape index (κ2) is 7.92. The van der Waals surface area contributed by atoms with E-state index < -0.39 is 0 Å². The van der Waals surface area contributed by atoms with Gasteiger partial charge in [0.25, 0.3) is 0 Å². The van der Waals surface area contributed by atoms with Crippen LogP contribution < -0.4 is 0 Å². The quantitative estimate of drug-likeness (QED) is 0.697. The van der Waals surface area contributed by atoms with Crippen LogP contribution in [0.5, 0.6) is 0 Å². The van der Waals surface area contributed by atoms with Crippen molar-refractivity contribution >= 4 is 5.91 Å². The smallest absolute Gasteiger partial charge is 0.248 e. The summed E-state index contributed by atoms with van der Waals surface area (Å²) in [6.45, 7) is 8.79. The Morgan fingerprint density at radius 2 is 2.09 bits per heavy atom. The first-order valence-corrected chi connectivity index (χ1v) is 8.82. The van der Waals surface area contributed by atoms with Crippen LogP contribution in [0.2, 0.25) is 0 Å². The van der Waals surface area contributed by atoms with Gasteiger partial charge in [0.05, 0.1) is 19.8 Å². The van der Waals surface area contributed by atoms with Crippen LogP contribution >= 0.6 is 0 Å². The van der Waals surface area contributed by atoms with Gasteiger partial charge in [-0.05, 0) is 25.7 Å². The summed E-state index contributed by atoms with van der Waals surface area (Å²) in [7, 11) is 0. The first kappa shape index (κ1) is 17.1. The molecule has 0 N–H and O–H groups in total. The van der Waals surface area contributed by atoms with Crippen LogP contribution in [-0.4, -0.2) is 76.8 Å². The van der Waals surface area contributed by atoms with Gasteiger partial charge < -0.3 is 23.8 Å². The molecule has 0 unspecified atom stereocenters. The van der Waals surface area contributed by atoms with Crippen molar-refractivity contribution in [3.8, 4) is 0 Å². The molecular formula is C17H29NO5. The molecule has 3 fully saturated rings. The topological polar surface area (TPSA) is 57.2 Å². The summed E-state index contributed by atoms with van der Waals surface area (Å²) < 4.78 is 22.4. The van der Waals surface area contributed by atoms with Crippen LogP contribution in [-0.2, 0) is 23.7 Å². The maximum absolute atomic E-state index is 12.2. The fourth-order valence-electron chi connectivity index (χ4n) is 3.85. The molecule has 2 atom stereocenters. The molecule has 0 aliphatic carbocycles. The molecule has 3 aliphatic rings. The Morgan fingerprint density at radius 3 is 2.87 bits per heavy atom. The van der Waals surface area contributed by atoms with Crippen molar-refractivity contribution in [2.45, 2.75) is 19.8 Å². The Morgan fingerprint density at radius 1 is 1.26 bits per heavy atom. The Hall–Kier alpha value is -0.690. The van der Waals surface area contributed by atoms with Gasteiger partial charge in [-0.1, -0.05) is 0 Å².